The normalized spacial score (nSPS) is 16.0. The minimum absolute atomic E-state index is 0.0135. The first-order chi connectivity index (χ1) is 15.9. The van der Waals surface area contributed by atoms with E-state index in [1.54, 1.807) is 4.90 Å². The van der Waals surface area contributed by atoms with E-state index in [0.717, 1.165) is 30.4 Å². The van der Waals surface area contributed by atoms with E-state index in [9.17, 15) is 19.2 Å². The number of rotatable bonds is 9. The average molecular weight is 478 g/mol. The molecule has 0 aromatic heterocycles. The second-order valence-corrected chi connectivity index (χ2v) is 9.32. The van der Waals surface area contributed by atoms with Crippen LogP contribution in [-0.4, -0.2) is 60.1 Å². The second-order valence-electron chi connectivity index (χ2n) is 9.32. The molecule has 2 rings (SSSR count). The van der Waals surface area contributed by atoms with Crippen molar-refractivity contribution in [3.05, 3.63) is 29.3 Å². The molecule has 0 saturated carbocycles. The fraction of sp³-hybridized carbons (Fsp3) is 0.600. The third-order valence-corrected chi connectivity index (χ3v) is 5.41. The van der Waals surface area contributed by atoms with Crippen molar-refractivity contribution < 1.29 is 38.1 Å². The molecule has 0 saturated heterocycles. The molecule has 1 aromatic rings. The Balaban J connectivity index is 2.21. The van der Waals surface area contributed by atoms with Crippen LogP contribution in [0.3, 0.4) is 0 Å². The summed E-state index contributed by atoms with van der Waals surface area (Å²) in [7, 11) is 0. The molecule has 0 aliphatic heterocycles. The van der Waals surface area contributed by atoms with Gasteiger partial charge in [-0.2, -0.15) is 0 Å². The highest BCUT2D eigenvalue weighted by molar-refractivity contribution is 5.76. The summed E-state index contributed by atoms with van der Waals surface area (Å²) in [5.41, 5.74) is 1.35. The van der Waals surface area contributed by atoms with Gasteiger partial charge in [0.2, 0.25) is 5.91 Å². The van der Waals surface area contributed by atoms with Crippen molar-refractivity contribution in [1.82, 2.24) is 4.90 Å². The van der Waals surface area contributed by atoms with Crippen LogP contribution in [0.2, 0.25) is 0 Å². The lowest BCUT2D eigenvalue weighted by Gasteiger charge is -2.37. The van der Waals surface area contributed by atoms with E-state index in [4.69, 9.17) is 18.9 Å². The molecule has 0 N–H and O–H groups in total. The maximum Gasteiger partial charge on any atom is 0.344 e. The molecule has 2 atom stereocenters. The van der Waals surface area contributed by atoms with Crippen LogP contribution in [0.15, 0.2) is 18.2 Å². The van der Waals surface area contributed by atoms with Crippen LogP contribution in [-0.2, 0) is 39.8 Å². The summed E-state index contributed by atoms with van der Waals surface area (Å²) < 4.78 is 21.8. The molecule has 1 aliphatic rings. The van der Waals surface area contributed by atoms with Gasteiger partial charge in [0.1, 0.15) is 18.5 Å². The van der Waals surface area contributed by atoms with Crippen molar-refractivity contribution >= 4 is 23.8 Å². The SMILES string of the molecule is CC(=O)OCC(=O)OC(COc1cccc2c1CCCC2OC(C)=O)CN(C(C)=O)C(C)(C)C. The summed E-state index contributed by atoms with van der Waals surface area (Å²) in [5.74, 6) is -1.22. The predicted octanol–water partition coefficient (Wildman–Crippen LogP) is 3.13. The highest BCUT2D eigenvalue weighted by Gasteiger charge is 2.30. The van der Waals surface area contributed by atoms with Gasteiger partial charge >= 0.3 is 17.9 Å². The zero-order valence-electron chi connectivity index (χ0n) is 20.8. The number of benzene rings is 1. The summed E-state index contributed by atoms with van der Waals surface area (Å²) >= 11 is 0. The third-order valence-electron chi connectivity index (χ3n) is 5.41. The van der Waals surface area contributed by atoms with Gasteiger partial charge in [-0.05, 0) is 51.7 Å². The molecule has 188 valence electrons. The van der Waals surface area contributed by atoms with Gasteiger partial charge in [0, 0.05) is 31.9 Å². The van der Waals surface area contributed by atoms with Gasteiger partial charge in [0.25, 0.3) is 0 Å². The summed E-state index contributed by atoms with van der Waals surface area (Å²) in [6, 6.07) is 5.57. The Bertz CT molecular complexity index is 905. The quantitative estimate of drug-likeness (QED) is 0.394. The second kappa shape index (κ2) is 11.9. The van der Waals surface area contributed by atoms with E-state index < -0.39 is 30.2 Å². The number of nitrogens with zero attached hydrogens (tertiary/aromatic N) is 1. The van der Waals surface area contributed by atoms with E-state index in [1.807, 2.05) is 39.0 Å². The first kappa shape index (κ1) is 27.1. The number of hydrogen-bond donors (Lipinski definition) is 0. The van der Waals surface area contributed by atoms with Gasteiger partial charge in [-0.1, -0.05) is 12.1 Å². The maximum atomic E-state index is 12.3. The zero-order valence-corrected chi connectivity index (χ0v) is 20.8. The molecular formula is C25H35NO8. The van der Waals surface area contributed by atoms with Crippen molar-refractivity contribution in [2.75, 3.05) is 19.8 Å². The monoisotopic (exact) mass is 477 g/mol. The smallest absolute Gasteiger partial charge is 0.344 e. The number of esters is 3. The van der Waals surface area contributed by atoms with Crippen LogP contribution in [0.25, 0.3) is 0 Å². The van der Waals surface area contributed by atoms with Crippen LogP contribution in [0.1, 0.15) is 71.6 Å². The Morgan fingerprint density at radius 1 is 1.09 bits per heavy atom. The average Bonchev–Trinajstić information content (AvgIpc) is 2.72. The molecule has 0 bridgehead atoms. The Labute approximate surface area is 200 Å². The van der Waals surface area contributed by atoms with E-state index in [1.165, 1.54) is 20.8 Å². The van der Waals surface area contributed by atoms with Crippen molar-refractivity contribution in [3.63, 3.8) is 0 Å². The van der Waals surface area contributed by atoms with E-state index in [0.29, 0.717) is 5.75 Å². The van der Waals surface area contributed by atoms with Crippen LogP contribution in [0, 0.1) is 0 Å². The first-order valence-corrected chi connectivity index (χ1v) is 11.4. The van der Waals surface area contributed by atoms with Gasteiger partial charge < -0.3 is 23.8 Å². The zero-order chi connectivity index (χ0) is 25.5. The van der Waals surface area contributed by atoms with Gasteiger partial charge in [-0.15, -0.1) is 0 Å². The largest absolute Gasteiger partial charge is 0.489 e. The summed E-state index contributed by atoms with van der Waals surface area (Å²) in [5, 5.41) is 0. The number of amides is 1. The minimum atomic E-state index is -0.796. The molecular weight excluding hydrogens is 442 g/mol. The van der Waals surface area contributed by atoms with Crippen LogP contribution < -0.4 is 4.74 Å². The topological polar surface area (TPSA) is 108 Å². The minimum Gasteiger partial charge on any atom is -0.489 e. The molecule has 9 nitrogen and oxygen atoms in total. The number of ether oxygens (including phenoxy) is 4. The molecule has 9 heteroatoms. The van der Waals surface area contributed by atoms with Crippen molar-refractivity contribution in [2.45, 2.75) is 78.6 Å². The van der Waals surface area contributed by atoms with Crippen LogP contribution >= 0.6 is 0 Å². The summed E-state index contributed by atoms with van der Waals surface area (Å²) in [4.78, 5) is 48.6. The molecule has 34 heavy (non-hydrogen) atoms. The Kier molecular flexibility index (Phi) is 9.46. The number of fused-ring (bicyclic) bond motifs is 1. The summed E-state index contributed by atoms with van der Waals surface area (Å²) in [6.07, 6.45) is 1.23. The van der Waals surface area contributed by atoms with E-state index >= 15 is 0 Å². The maximum absolute atomic E-state index is 12.3. The Hall–Kier alpha value is -3.10. The van der Waals surface area contributed by atoms with Gasteiger partial charge in [-0.3, -0.25) is 14.4 Å². The molecule has 1 amide bonds. The fourth-order valence-corrected chi connectivity index (χ4v) is 4.00. The van der Waals surface area contributed by atoms with E-state index in [2.05, 4.69) is 0 Å². The van der Waals surface area contributed by atoms with Crippen molar-refractivity contribution in [1.29, 1.82) is 0 Å². The predicted molar refractivity (Wildman–Crippen MR) is 123 cm³/mol. The number of hydrogen-bond acceptors (Lipinski definition) is 8. The van der Waals surface area contributed by atoms with Crippen molar-refractivity contribution in [2.24, 2.45) is 0 Å². The number of carbonyl (C=O) groups is 4. The van der Waals surface area contributed by atoms with Crippen LogP contribution in [0.5, 0.6) is 5.75 Å². The van der Waals surface area contributed by atoms with Crippen molar-refractivity contribution in [3.8, 4) is 5.75 Å². The van der Waals surface area contributed by atoms with Crippen LogP contribution in [0.4, 0.5) is 0 Å². The summed E-state index contributed by atoms with van der Waals surface area (Å²) in [6.45, 7) is 9.27. The highest BCUT2D eigenvalue weighted by Crippen LogP contribution is 2.37. The first-order valence-electron chi connectivity index (χ1n) is 11.4. The van der Waals surface area contributed by atoms with E-state index in [-0.39, 0.29) is 31.1 Å². The molecule has 1 aromatic carbocycles. The molecule has 0 heterocycles. The molecule has 0 spiro atoms. The third kappa shape index (κ3) is 8.04. The number of carbonyl (C=O) groups excluding carboxylic acids is 4. The molecule has 0 radical (unpaired) electrons. The highest BCUT2D eigenvalue weighted by atomic mass is 16.6. The van der Waals surface area contributed by atoms with Gasteiger partial charge in [0.05, 0.1) is 6.54 Å². The molecule has 2 unspecified atom stereocenters. The Morgan fingerprint density at radius 2 is 1.79 bits per heavy atom. The lowest BCUT2D eigenvalue weighted by molar-refractivity contribution is -0.164. The molecule has 1 aliphatic carbocycles. The lowest BCUT2D eigenvalue weighted by Crippen LogP contribution is -2.50. The molecule has 0 fully saturated rings. The lowest BCUT2D eigenvalue weighted by atomic mass is 9.88. The van der Waals surface area contributed by atoms with Gasteiger partial charge in [-0.25, -0.2) is 4.79 Å². The fourth-order valence-electron chi connectivity index (χ4n) is 4.00. The van der Waals surface area contributed by atoms with Gasteiger partial charge in [0.15, 0.2) is 12.7 Å². The Morgan fingerprint density at radius 3 is 2.38 bits per heavy atom. The standard InChI is InChI=1S/C25H35NO8/c1-16(27)26(25(4,5)6)13-19(34-24(30)15-31-17(2)28)14-32-22-11-7-10-21-20(22)9-8-12-23(21)33-18(3)29/h7,10-11,19,23H,8-9,12-15H2,1-6H3.